The minimum Gasteiger partial charge on any atom is -0.330 e. The van der Waals surface area contributed by atoms with Crippen molar-refractivity contribution in [3.63, 3.8) is 0 Å². The SMILES string of the molecule is NCCCCCCCCC(=O)CN. The predicted molar refractivity (Wildman–Crippen MR) is 55.4 cm³/mol. The fourth-order valence-corrected chi connectivity index (χ4v) is 1.28. The van der Waals surface area contributed by atoms with E-state index in [1.165, 1.54) is 19.3 Å². The first-order valence-electron chi connectivity index (χ1n) is 5.23. The van der Waals surface area contributed by atoms with Crippen molar-refractivity contribution in [3.05, 3.63) is 0 Å². The van der Waals surface area contributed by atoms with Crippen LogP contribution < -0.4 is 11.5 Å². The summed E-state index contributed by atoms with van der Waals surface area (Å²) in [6.45, 7) is 0.999. The van der Waals surface area contributed by atoms with Gasteiger partial charge in [-0.05, 0) is 19.4 Å². The standard InChI is InChI=1S/C10H22N2O/c11-8-6-4-2-1-3-5-7-10(13)9-12/h1-9,11-12H2. The second-order valence-electron chi connectivity index (χ2n) is 3.40. The van der Waals surface area contributed by atoms with Crippen LogP contribution in [0.4, 0.5) is 0 Å². The van der Waals surface area contributed by atoms with Gasteiger partial charge in [0.15, 0.2) is 0 Å². The summed E-state index contributed by atoms with van der Waals surface area (Å²) in [6, 6.07) is 0. The first-order chi connectivity index (χ1) is 6.31. The zero-order valence-corrected chi connectivity index (χ0v) is 8.43. The molecule has 0 amide bonds. The Hall–Kier alpha value is -0.410. The summed E-state index contributed by atoms with van der Waals surface area (Å²) in [5.74, 6) is 0.182. The van der Waals surface area contributed by atoms with Gasteiger partial charge in [-0.15, -0.1) is 0 Å². The summed E-state index contributed by atoms with van der Waals surface area (Å²) in [6.07, 6.45) is 7.62. The molecule has 0 aliphatic carbocycles. The fourth-order valence-electron chi connectivity index (χ4n) is 1.28. The van der Waals surface area contributed by atoms with Crippen LogP contribution in [0.2, 0.25) is 0 Å². The molecule has 0 bridgehead atoms. The minimum absolute atomic E-state index is 0.182. The van der Waals surface area contributed by atoms with Gasteiger partial charge in [0.2, 0.25) is 0 Å². The van der Waals surface area contributed by atoms with Gasteiger partial charge in [-0.3, -0.25) is 4.79 Å². The summed E-state index contributed by atoms with van der Waals surface area (Å²) >= 11 is 0. The number of carbonyl (C=O) groups is 1. The zero-order valence-electron chi connectivity index (χ0n) is 8.43. The van der Waals surface area contributed by atoms with Crippen LogP contribution in [0.3, 0.4) is 0 Å². The highest BCUT2D eigenvalue weighted by atomic mass is 16.1. The van der Waals surface area contributed by atoms with E-state index in [1.807, 2.05) is 0 Å². The van der Waals surface area contributed by atoms with Gasteiger partial charge in [-0.2, -0.15) is 0 Å². The number of unbranched alkanes of at least 4 members (excludes halogenated alkanes) is 5. The van der Waals surface area contributed by atoms with Crippen molar-refractivity contribution >= 4 is 5.78 Å². The van der Waals surface area contributed by atoms with E-state index in [9.17, 15) is 4.79 Å². The molecular weight excluding hydrogens is 164 g/mol. The highest BCUT2D eigenvalue weighted by molar-refractivity contribution is 5.80. The lowest BCUT2D eigenvalue weighted by atomic mass is 10.1. The van der Waals surface area contributed by atoms with E-state index in [2.05, 4.69) is 0 Å². The Morgan fingerprint density at radius 1 is 0.846 bits per heavy atom. The van der Waals surface area contributed by atoms with Gasteiger partial charge in [0.05, 0.1) is 6.54 Å². The molecule has 3 heteroatoms. The van der Waals surface area contributed by atoms with Crippen LogP contribution in [0.1, 0.15) is 44.9 Å². The van der Waals surface area contributed by atoms with E-state index in [0.717, 1.165) is 25.8 Å². The second-order valence-corrected chi connectivity index (χ2v) is 3.40. The normalized spacial score (nSPS) is 10.3. The molecule has 0 aromatic heterocycles. The predicted octanol–water partition coefficient (Wildman–Crippen LogP) is 1.20. The lowest BCUT2D eigenvalue weighted by Crippen LogP contribution is -2.12. The molecule has 78 valence electrons. The van der Waals surface area contributed by atoms with Crippen molar-refractivity contribution < 1.29 is 4.79 Å². The first kappa shape index (κ1) is 12.6. The largest absolute Gasteiger partial charge is 0.330 e. The smallest absolute Gasteiger partial charge is 0.146 e. The number of hydrogen-bond acceptors (Lipinski definition) is 3. The van der Waals surface area contributed by atoms with Crippen LogP contribution in [0.25, 0.3) is 0 Å². The van der Waals surface area contributed by atoms with Gasteiger partial charge in [-0.1, -0.05) is 25.7 Å². The van der Waals surface area contributed by atoms with E-state index in [4.69, 9.17) is 11.5 Å². The molecule has 0 saturated carbocycles. The second kappa shape index (κ2) is 9.68. The maximum atomic E-state index is 10.8. The van der Waals surface area contributed by atoms with Crippen LogP contribution in [0.5, 0.6) is 0 Å². The molecule has 0 aromatic carbocycles. The van der Waals surface area contributed by atoms with E-state index in [0.29, 0.717) is 6.42 Å². The molecule has 0 rings (SSSR count). The van der Waals surface area contributed by atoms with E-state index < -0.39 is 0 Å². The molecule has 0 aliphatic rings. The first-order valence-corrected chi connectivity index (χ1v) is 5.23. The van der Waals surface area contributed by atoms with Crippen molar-refractivity contribution in [1.82, 2.24) is 0 Å². The molecule has 0 aliphatic heterocycles. The van der Waals surface area contributed by atoms with Crippen molar-refractivity contribution in [2.45, 2.75) is 44.9 Å². The van der Waals surface area contributed by atoms with Crippen LogP contribution in [0, 0.1) is 0 Å². The number of hydrogen-bond donors (Lipinski definition) is 2. The zero-order chi connectivity index (χ0) is 9.94. The third-order valence-electron chi connectivity index (χ3n) is 2.14. The van der Waals surface area contributed by atoms with Crippen molar-refractivity contribution in [2.75, 3.05) is 13.1 Å². The Bertz CT molecular complexity index is 126. The van der Waals surface area contributed by atoms with Gasteiger partial charge in [0, 0.05) is 6.42 Å². The van der Waals surface area contributed by atoms with Crippen molar-refractivity contribution in [1.29, 1.82) is 0 Å². The molecule has 0 radical (unpaired) electrons. The van der Waals surface area contributed by atoms with Crippen LogP contribution in [-0.2, 0) is 4.79 Å². The molecule has 0 fully saturated rings. The van der Waals surface area contributed by atoms with Crippen molar-refractivity contribution in [2.24, 2.45) is 11.5 Å². The Morgan fingerprint density at radius 2 is 1.38 bits per heavy atom. The summed E-state index contributed by atoms with van der Waals surface area (Å²) < 4.78 is 0. The van der Waals surface area contributed by atoms with E-state index in [-0.39, 0.29) is 12.3 Å². The summed E-state index contributed by atoms with van der Waals surface area (Å²) in [5.41, 5.74) is 10.6. The maximum absolute atomic E-state index is 10.8. The highest BCUT2D eigenvalue weighted by Crippen LogP contribution is 2.06. The fraction of sp³-hybridized carbons (Fsp3) is 0.900. The number of rotatable bonds is 9. The monoisotopic (exact) mass is 186 g/mol. The summed E-state index contributed by atoms with van der Waals surface area (Å²) in [5, 5.41) is 0. The third kappa shape index (κ3) is 9.50. The number of ketones is 1. The summed E-state index contributed by atoms with van der Waals surface area (Å²) in [7, 11) is 0. The van der Waals surface area contributed by atoms with Gasteiger partial charge in [0.1, 0.15) is 5.78 Å². The van der Waals surface area contributed by atoms with E-state index in [1.54, 1.807) is 0 Å². The summed E-state index contributed by atoms with van der Waals surface area (Å²) in [4.78, 5) is 10.8. The molecule has 0 aromatic rings. The van der Waals surface area contributed by atoms with Gasteiger partial charge in [-0.25, -0.2) is 0 Å². The molecule has 0 saturated heterocycles. The Kier molecular flexibility index (Phi) is 9.37. The van der Waals surface area contributed by atoms with Crippen LogP contribution in [-0.4, -0.2) is 18.9 Å². The Morgan fingerprint density at radius 3 is 1.92 bits per heavy atom. The molecule has 0 heterocycles. The Labute approximate surface area is 80.9 Å². The maximum Gasteiger partial charge on any atom is 0.146 e. The molecule has 4 N–H and O–H groups in total. The lowest BCUT2D eigenvalue weighted by Gasteiger charge is -1.99. The average molecular weight is 186 g/mol. The lowest BCUT2D eigenvalue weighted by molar-refractivity contribution is -0.117. The molecule has 0 spiro atoms. The number of nitrogens with two attached hydrogens (primary N) is 2. The molecule has 13 heavy (non-hydrogen) atoms. The van der Waals surface area contributed by atoms with Crippen LogP contribution >= 0.6 is 0 Å². The van der Waals surface area contributed by atoms with Crippen LogP contribution in [0.15, 0.2) is 0 Å². The quantitative estimate of drug-likeness (QED) is 0.532. The van der Waals surface area contributed by atoms with Gasteiger partial charge in [0.25, 0.3) is 0 Å². The third-order valence-corrected chi connectivity index (χ3v) is 2.14. The molecule has 3 nitrogen and oxygen atoms in total. The number of Topliss-reactive ketones (excluding diaryl/α,β-unsaturated/α-hetero) is 1. The van der Waals surface area contributed by atoms with Crippen molar-refractivity contribution in [3.8, 4) is 0 Å². The van der Waals surface area contributed by atoms with Gasteiger partial charge < -0.3 is 11.5 Å². The average Bonchev–Trinajstić information content (AvgIpc) is 2.16. The highest BCUT2D eigenvalue weighted by Gasteiger charge is 1.97. The molecule has 0 unspecified atom stereocenters. The molecular formula is C10H22N2O. The topological polar surface area (TPSA) is 69.1 Å². The number of carbonyl (C=O) groups excluding carboxylic acids is 1. The Balaban J connectivity index is 2.95. The molecule has 0 atom stereocenters. The minimum atomic E-state index is 0.182. The van der Waals surface area contributed by atoms with Gasteiger partial charge >= 0.3 is 0 Å². The van der Waals surface area contributed by atoms with E-state index >= 15 is 0 Å².